The third-order valence-electron chi connectivity index (χ3n) is 5.30. The van der Waals surface area contributed by atoms with E-state index in [9.17, 15) is 24.3 Å². The molecule has 0 saturated heterocycles. The van der Waals surface area contributed by atoms with Crippen molar-refractivity contribution in [2.45, 2.75) is 97.5 Å². The normalized spacial score (nSPS) is 13.5. The van der Waals surface area contributed by atoms with Crippen LogP contribution in [0.15, 0.2) is 24.3 Å². The molecule has 4 amide bonds. The number of nitrogens with one attached hydrogen (secondary N) is 2. The molecule has 0 aromatic heterocycles. The molecule has 0 aliphatic rings. The fourth-order valence-corrected chi connectivity index (χ4v) is 3.40. The van der Waals surface area contributed by atoms with Gasteiger partial charge in [-0.2, -0.15) is 0 Å². The fraction of sp³-hybridized carbons (Fsp3) is 0.600. The van der Waals surface area contributed by atoms with Crippen molar-refractivity contribution in [3.63, 3.8) is 0 Å². The minimum absolute atomic E-state index is 0.00240. The minimum atomic E-state index is -1.36. The van der Waals surface area contributed by atoms with Crippen LogP contribution in [-0.2, 0) is 19.1 Å². The van der Waals surface area contributed by atoms with Crippen LogP contribution in [0, 0.1) is 0 Å². The highest BCUT2D eigenvalue weighted by atomic mass is 16.6. The average Bonchev–Trinajstić information content (AvgIpc) is 2.69. The number of rotatable bonds is 10. The lowest BCUT2D eigenvalue weighted by Crippen LogP contribution is -2.60. The van der Waals surface area contributed by atoms with Crippen molar-refractivity contribution in [2.75, 3.05) is 0 Å². The zero-order valence-corrected chi connectivity index (χ0v) is 22.0. The van der Waals surface area contributed by atoms with Gasteiger partial charge in [0.2, 0.25) is 17.7 Å². The Morgan fingerprint density at radius 2 is 1.57 bits per heavy atom. The first-order chi connectivity index (χ1) is 16.0. The van der Waals surface area contributed by atoms with Crippen LogP contribution in [0.25, 0.3) is 0 Å². The Kier molecular flexibility index (Phi) is 10.1. The highest BCUT2D eigenvalue weighted by Gasteiger charge is 2.43. The lowest BCUT2D eigenvalue weighted by Gasteiger charge is -2.44. The third kappa shape index (κ3) is 9.11. The molecule has 0 bridgehead atoms. The van der Waals surface area contributed by atoms with Crippen molar-refractivity contribution < 1.29 is 29.0 Å². The van der Waals surface area contributed by atoms with Crippen molar-refractivity contribution in [1.82, 2.24) is 15.5 Å². The summed E-state index contributed by atoms with van der Waals surface area (Å²) in [5.41, 5.74) is 4.14. The average molecular weight is 493 g/mol. The van der Waals surface area contributed by atoms with Crippen molar-refractivity contribution in [1.29, 1.82) is 0 Å². The molecular weight excluding hydrogens is 452 g/mol. The lowest BCUT2D eigenvalue weighted by atomic mass is 9.91. The maximum absolute atomic E-state index is 14.0. The molecule has 35 heavy (non-hydrogen) atoms. The largest absolute Gasteiger partial charge is 0.508 e. The number of nitrogens with two attached hydrogens (primary N) is 1. The molecular formula is C25H40N4O6. The van der Waals surface area contributed by atoms with Crippen LogP contribution in [0.1, 0.15) is 79.8 Å². The van der Waals surface area contributed by atoms with Gasteiger partial charge in [-0.15, -0.1) is 0 Å². The summed E-state index contributed by atoms with van der Waals surface area (Å²) < 4.78 is 5.27. The number of carbonyl (C=O) groups is 4. The second kappa shape index (κ2) is 11.9. The van der Waals surface area contributed by atoms with Gasteiger partial charge in [0.1, 0.15) is 23.4 Å². The Hall–Kier alpha value is -3.30. The predicted octanol–water partition coefficient (Wildman–Crippen LogP) is 2.74. The van der Waals surface area contributed by atoms with E-state index in [-0.39, 0.29) is 11.8 Å². The van der Waals surface area contributed by atoms with Crippen LogP contribution >= 0.6 is 0 Å². The molecule has 1 rings (SSSR count). The van der Waals surface area contributed by atoms with E-state index in [4.69, 9.17) is 10.5 Å². The number of alkyl carbamates (subject to hydrolysis) is 1. The molecule has 2 atom stereocenters. The minimum Gasteiger partial charge on any atom is -0.508 e. The highest BCUT2D eigenvalue weighted by Crippen LogP contribution is 2.33. The summed E-state index contributed by atoms with van der Waals surface area (Å²) >= 11 is 0. The van der Waals surface area contributed by atoms with E-state index in [0.717, 1.165) is 0 Å². The van der Waals surface area contributed by atoms with Gasteiger partial charge in [0, 0.05) is 11.6 Å². The molecule has 1 aromatic rings. The molecule has 5 N–H and O–H groups in total. The topological polar surface area (TPSA) is 151 Å². The molecule has 0 spiro atoms. The van der Waals surface area contributed by atoms with Gasteiger partial charge in [-0.05, 0) is 72.6 Å². The first-order valence-electron chi connectivity index (χ1n) is 11.7. The number of amides is 4. The molecule has 10 heteroatoms. The molecule has 0 fully saturated rings. The third-order valence-corrected chi connectivity index (χ3v) is 5.30. The summed E-state index contributed by atoms with van der Waals surface area (Å²) in [5, 5.41) is 15.1. The maximum Gasteiger partial charge on any atom is 0.408 e. The number of aromatic hydroxyl groups is 1. The van der Waals surface area contributed by atoms with Crippen molar-refractivity contribution >= 4 is 23.8 Å². The van der Waals surface area contributed by atoms with Crippen molar-refractivity contribution in [3.8, 4) is 5.75 Å². The van der Waals surface area contributed by atoms with Crippen LogP contribution in [0.5, 0.6) is 5.75 Å². The van der Waals surface area contributed by atoms with Gasteiger partial charge < -0.3 is 31.1 Å². The van der Waals surface area contributed by atoms with Gasteiger partial charge in [0.15, 0.2) is 0 Å². The summed E-state index contributed by atoms with van der Waals surface area (Å²) in [6.45, 7) is 14.0. The zero-order valence-electron chi connectivity index (χ0n) is 22.0. The monoisotopic (exact) mass is 492 g/mol. The van der Waals surface area contributed by atoms with Crippen LogP contribution < -0.4 is 16.4 Å². The lowest BCUT2D eigenvalue weighted by molar-refractivity contribution is -0.150. The highest BCUT2D eigenvalue weighted by molar-refractivity contribution is 5.95. The number of ether oxygens (including phenoxy) is 1. The number of hydrogen-bond donors (Lipinski definition) is 4. The molecule has 0 heterocycles. The van der Waals surface area contributed by atoms with Crippen LogP contribution in [0.2, 0.25) is 0 Å². The van der Waals surface area contributed by atoms with E-state index in [1.165, 1.54) is 17.0 Å². The number of primary amides is 1. The van der Waals surface area contributed by atoms with Crippen LogP contribution in [0.4, 0.5) is 4.79 Å². The Balaban J connectivity index is 3.62. The van der Waals surface area contributed by atoms with E-state index < -0.39 is 53.5 Å². The number of benzene rings is 1. The summed E-state index contributed by atoms with van der Waals surface area (Å²) in [6.07, 6.45) is -0.917. The van der Waals surface area contributed by atoms with Crippen molar-refractivity contribution in [2.24, 2.45) is 5.73 Å². The van der Waals surface area contributed by atoms with Gasteiger partial charge in [0.25, 0.3) is 0 Å². The van der Waals surface area contributed by atoms with E-state index in [2.05, 4.69) is 10.6 Å². The number of hydrogen-bond acceptors (Lipinski definition) is 6. The summed E-state index contributed by atoms with van der Waals surface area (Å²) in [4.78, 5) is 53.1. The molecule has 1 aromatic carbocycles. The summed E-state index contributed by atoms with van der Waals surface area (Å²) in [6, 6.07) is 3.26. The van der Waals surface area contributed by atoms with Gasteiger partial charge in [-0.1, -0.05) is 19.1 Å². The van der Waals surface area contributed by atoms with Gasteiger partial charge in [-0.3, -0.25) is 14.4 Å². The van der Waals surface area contributed by atoms with Gasteiger partial charge in [0.05, 0.1) is 6.42 Å². The first kappa shape index (κ1) is 29.7. The zero-order chi connectivity index (χ0) is 27.1. The Morgan fingerprint density at radius 1 is 1.03 bits per heavy atom. The molecule has 196 valence electrons. The molecule has 0 aliphatic carbocycles. The number of nitrogens with zero attached hydrogens (tertiary/aromatic N) is 1. The smallest absolute Gasteiger partial charge is 0.408 e. The molecule has 10 nitrogen and oxygen atoms in total. The second-order valence-electron chi connectivity index (χ2n) is 10.4. The molecule has 0 saturated carbocycles. The predicted molar refractivity (Wildman–Crippen MR) is 132 cm³/mol. The molecule has 0 aliphatic heterocycles. The molecule has 0 radical (unpaired) electrons. The van der Waals surface area contributed by atoms with Crippen LogP contribution in [-0.4, -0.2) is 57.0 Å². The van der Waals surface area contributed by atoms with E-state index in [1.54, 1.807) is 60.6 Å². The van der Waals surface area contributed by atoms with Crippen molar-refractivity contribution in [3.05, 3.63) is 29.8 Å². The Labute approximate surface area is 207 Å². The van der Waals surface area contributed by atoms with Crippen LogP contribution in [0.3, 0.4) is 0 Å². The quantitative estimate of drug-likeness (QED) is 0.394. The van der Waals surface area contributed by atoms with E-state index in [1.807, 2.05) is 6.92 Å². The maximum atomic E-state index is 14.0. The standard InChI is InChI=1S/C25H40N4O6/c1-9-25(7,8)29(20(21(32)27-15(2)3)16-10-12-17(30)13-11-16)22(33)18(14-19(26)31)28-23(34)35-24(4,5)6/h10-13,15,18,20,30H,9,14H2,1-8H3,(H2,26,31)(H,27,32)(H,28,34). The fourth-order valence-electron chi connectivity index (χ4n) is 3.40. The summed E-state index contributed by atoms with van der Waals surface area (Å²) in [5.74, 6) is -1.92. The first-order valence-corrected chi connectivity index (χ1v) is 11.7. The van der Waals surface area contributed by atoms with E-state index >= 15 is 0 Å². The Bertz CT molecular complexity index is 906. The second-order valence-corrected chi connectivity index (χ2v) is 10.4. The number of phenols is 1. The number of carbonyl (C=O) groups excluding carboxylic acids is 4. The van der Waals surface area contributed by atoms with E-state index in [0.29, 0.717) is 12.0 Å². The van der Waals surface area contributed by atoms with Gasteiger partial charge in [-0.25, -0.2) is 4.79 Å². The number of phenolic OH excluding ortho intramolecular Hbond substituents is 1. The summed E-state index contributed by atoms with van der Waals surface area (Å²) in [7, 11) is 0. The van der Waals surface area contributed by atoms with Gasteiger partial charge >= 0.3 is 6.09 Å². The molecule has 2 unspecified atom stereocenters. The SMILES string of the molecule is CCC(C)(C)N(C(=O)C(CC(N)=O)NC(=O)OC(C)(C)C)C(C(=O)NC(C)C)c1ccc(O)cc1. The Morgan fingerprint density at radius 3 is 2.00 bits per heavy atom.